The summed E-state index contributed by atoms with van der Waals surface area (Å²) in [4.78, 5) is 59.9. The summed E-state index contributed by atoms with van der Waals surface area (Å²) in [5, 5.41) is 0. The maximum Gasteiger partial charge on any atom is 0.338 e. The van der Waals surface area contributed by atoms with Gasteiger partial charge in [-0.25, -0.2) is 24.0 Å². The fourth-order valence-electron chi connectivity index (χ4n) is 11.1. The van der Waals surface area contributed by atoms with Crippen LogP contribution in [-0.2, 0) is 56.1 Å². The van der Waals surface area contributed by atoms with Crippen molar-refractivity contribution in [1.82, 2.24) is 0 Å². The first-order chi connectivity index (χ1) is 54.3. The van der Waals surface area contributed by atoms with Gasteiger partial charge in [0.15, 0.2) is 0 Å². The van der Waals surface area contributed by atoms with Gasteiger partial charge in [-0.15, -0.1) is 0 Å². The molecule has 0 radical (unpaired) electrons. The van der Waals surface area contributed by atoms with Crippen LogP contribution in [0.25, 0.3) is 24.3 Å². The van der Waals surface area contributed by atoms with Gasteiger partial charge in [0, 0.05) is 42.5 Å². The van der Waals surface area contributed by atoms with Crippen molar-refractivity contribution in [3.8, 4) is 57.5 Å². The molecule has 20 nitrogen and oxygen atoms in total. The normalized spacial score (nSPS) is 11.2. The lowest BCUT2D eigenvalue weighted by atomic mass is 10.1. The molecule has 7 aromatic carbocycles. The van der Waals surface area contributed by atoms with Crippen LogP contribution in [0.2, 0.25) is 0 Å². The Labute approximate surface area is 654 Å². The van der Waals surface area contributed by atoms with Crippen molar-refractivity contribution in [2.45, 2.75) is 149 Å². The lowest BCUT2D eigenvalue weighted by Gasteiger charge is -2.16. The lowest BCUT2D eigenvalue weighted by Crippen LogP contribution is -2.08. The van der Waals surface area contributed by atoms with Crippen LogP contribution in [0.1, 0.15) is 179 Å². The fraction of sp³-hybridized carbons (Fsp3) is 0.396. The highest BCUT2D eigenvalue weighted by atomic mass is 16.5. The van der Waals surface area contributed by atoms with Crippen molar-refractivity contribution < 1.29 is 95.0 Å². The summed E-state index contributed by atoms with van der Waals surface area (Å²) >= 11 is 0. The van der Waals surface area contributed by atoms with E-state index in [0.717, 1.165) is 185 Å². The number of carbonyl (C=O) groups is 5. The monoisotopic (exact) mass is 1520 g/mol. The molecule has 111 heavy (non-hydrogen) atoms. The molecule has 0 aliphatic rings. The molecule has 0 unspecified atom stereocenters. The van der Waals surface area contributed by atoms with Gasteiger partial charge < -0.3 is 71.1 Å². The maximum absolute atomic E-state index is 13.9. The van der Waals surface area contributed by atoms with Gasteiger partial charge in [-0.3, -0.25) is 0 Å². The van der Waals surface area contributed by atoms with Gasteiger partial charge in [0.25, 0.3) is 0 Å². The predicted molar refractivity (Wildman–Crippen MR) is 430 cm³/mol. The van der Waals surface area contributed by atoms with Crippen LogP contribution >= 0.6 is 0 Å². The molecule has 0 saturated carbocycles. The molecule has 0 aromatic heterocycles. The van der Waals surface area contributed by atoms with Gasteiger partial charge >= 0.3 is 29.8 Å². The number of hydrogen-bond donors (Lipinski definition) is 0. The number of carbonyl (C=O) groups excluding carboxylic acids is 5. The Morgan fingerprint density at radius 3 is 0.721 bits per heavy atom. The van der Waals surface area contributed by atoms with Crippen molar-refractivity contribution in [2.75, 3.05) is 87.9 Å². The van der Waals surface area contributed by atoms with E-state index in [4.69, 9.17) is 52.1 Å². The van der Waals surface area contributed by atoms with Crippen molar-refractivity contribution >= 4 is 54.2 Å². The lowest BCUT2D eigenvalue weighted by molar-refractivity contribution is -0.135. The molecule has 20 heteroatoms. The van der Waals surface area contributed by atoms with Gasteiger partial charge in [0.2, 0.25) is 0 Å². The summed E-state index contributed by atoms with van der Waals surface area (Å²) in [6.45, 7) is 6.91. The summed E-state index contributed by atoms with van der Waals surface area (Å²) in [6.07, 6.45) is 30.5. The molecule has 0 aliphatic heterocycles. The first kappa shape index (κ1) is 87.1. The minimum atomic E-state index is -0.482. The van der Waals surface area contributed by atoms with Crippen LogP contribution in [0.5, 0.6) is 57.5 Å². The summed E-state index contributed by atoms with van der Waals surface area (Å²) < 4.78 is 87.3. The number of ether oxygens (including phenoxy) is 15. The number of rotatable bonds is 56. The maximum atomic E-state index is 13.9. The van der Waals surface area contributed by atoms with Crippen LogP contribution in [0.15, 0.2) is 176 Å². The van der Waals surface area contributed by atoms with Crippen LogP contribution in [0, 0.1) is 0 Å². The van der Waals surface area contributed by atoms with Crippen LogP contribution in [0.3, 0.4) is 0 Å². The van der Waals surface area contributed by atoms with E-state index < -0.39 is 29.8 Å². The zero-order chi connectivity index (χ0) is 78.6. The molecule has 7 aromatic rings. The summed E-state index contributed by atoms with van der Waals surface area (Å²) in [5.41, 5.74) is 5.37. The van der Waals surface area contributed by atoms with E-state index in [0.29, 0.717) is 87.4 Å². The zero-order valence-electron chi connectivity index (χ0n) is 65.1. The summed E-state index contributed by atoms with van der Waals surface area (Å²) in [6, 6.07) is 47.0. The Balaban J connectivity index is 0.976. The molecule has 0 bridgehead atoms. The predicted octanol–water partition coefficient (Wildman–Crippen LogP) is 19.4. The molecular weight excluding hydrogens is 1410 g/mol. The average Bonchev–Trinajstić information content (AvgIpc) is 0.829. The Bertz CT molecular complexity index is 3520. The van der Waals surface area contributed by atoms with E-state index in [1.54, 1.807) is 42.5 Å². The minimum Gasteiger partial charge on any atom is -0.494 e. The van der Waals surface area contributed by atoms with E-state index in [1.165, 1.54) is 52.7 Å². The van der Waals surface area contributed by atoms with E-state index in [9.17, 15) is 24.0 Å². The van der Waals surface area contributed by atoms with Gasteiger partial charge in [0.05, 0.1) is 93.5 Å². The number of hydrogen-bond acceptors (Lipinski definition) is 20. The van der Waals surface area contributed by atoms with Gasteiger partial charge in [0.1, 0.15) is 70.7 Å². The first-order valence-corrected chi connectivity index (χ1v) is 38.7. The second kappa shape index (κ2) is 52.8. The SMILES string of the molecule is CCCCCCOC(=O)c1cc(OCc2cc(OCCCCCCOc3ccc(C=CC(=O)OC)cc3)cc(OCCCCCCOc3ccc(C=CC(=O)OC)cc3)c2)cc(OCc2cc(OCCCCCCOc3ccc(C=CC(=O)OC)cc3)cc(OCCCCCCOc3ccc(C=CC(=O)OC)cc3)c2)c1. The number of methoxy groups -OCH3 is 4. The molecule has 0 atom stereocenters. The van der Waals surface area contributed by atoms with Gasteiger partial charge in [-0.1, -0.05) is 74.7 Å². The van der Waals surface area contributed by atoms with Crippen LogP contribution in [0.4, 0.5) is 0 Å². The highest BCUT2D eigenvalue weighted by molar-refractivity contribution is 5.91. The molecule has 0 saturated heterocycles. The Kier molecular flexibility index (Phi) is 41.4. The Morgan fingerprint density at radius 1 is 0.252 bits per heavy atom. The Morgan fingerprint density at radius 2 is 0.477 bits per heavy atom. The quantitative estimate of drug-likeness (QED) is 0.0149. The average molecular weight is 1520 g/mol. The van der Waals surface area contributed by atoms with Crippen LogP contribution < -0.4 is 47.4 Å². The minimum absolute atomic E-state index is 0.118. The van der Waals surface area contributed by atoms with Crippen molar-refractivity contribution in [3.05, 3.63) is 215 Å². The zero-order valence-corrected chi connectivity index (χ0v) is 65.1. The van der Waals surface area contributed by atoms with E-state index in [2.05, 4.69) is 25.9 Å². The molecule has 0 fully saturated rings. The first-order valence-electron chi connectivity index (χ1n) is 38.7. The largest absolute Gasteiger partial charge is 0.494 e. The van der Waals surface area contributed by atoms with Crippen molar-refractivity contribution in [3.63, 3.8) is 0 Å². The third-order valence-corrected chi connectivity index (χ3v) is 17.3. The molecular formula is C91H110O20. The van der Waals surface area contributed by atoms with Crippen molar-refractivity contribution in [1.29, 1.82) is 0 Å². The number of benzene rings is 7. The van der Waals surface area contributed by atoms with E-state index >= 15 is 0 Å². The molecule has 0 N–H and O–H groups in total. The second-order valence-electron chi connectivity index (χ2n) is 26.2. The van der Waals surface area contributed by atoms with E-state index in [-0.39, 0.29) is 25.4 Å². The molecule has 0 aliphatic carbocycles. The number of unbranched alkanes of at least 4 members (excludes halogenated alkanes) is 15. The summed E-state index contributed by atoms with van der Waals surface area (Å²) in [5.74, 6) is 4.31. The fourth-order valence-corrected chi connectivity index (χ4v) is 11.1. The van der Waals surface area contributed by atoms with Gasteiger partial charge in [-0.05, 0) is 252 Å². The number of esters is 5. The molecule has 594 valence electrons. The topological polar surface area (TPSA) is 224 Å². The van der Waals surface area contributed by atoms with Crippen LogP contribution in [-0.4, -0.2) is 118 Å². The third kappa shape index (κ3) is 37.2. The van der Waals surface area contributed by atoms with Crippen molar-refractivity contribution in [2.24, 2.45) is 0 Å². The second-order valence-corrected chi connectivity index (χ2v) is 26.2. The molecule has 7 rings (SSSR count). The Hall–Kier alpha value is -11.2. The standard InChI is InChI=1S/C91H110O20/c1-6-7-8-17-58-109-91(96)76-63-85(110-68-74-59-81(105-54-22-13-9-18-50-101-77-38-26-70(27-39-77)34-46-87(92)97-2)65-82(60-74)106-55-23-14-10-19-51-102-78-40-28-71(29-41-78)35-47-88(93)98-3)67-86(64-76)111-69-75-61-83(107-56-24-15-11-20-52-103-79-42-30-72(31-43-79)36-48-89(94)99-4)66-84(62-75)108-57-25-16-12-21-53-104-80-44-32-73(33-45-80)37-49-90(95)100-5/h26-49,59-67H,6-25,50-58,68-69H2,1-5H3. The third-order valence-electron chi connectivity index (χ3n) is 17.3. The molecule has 0 amide bonds. The van der Waals surface area contributed by atoms with Gasteiger partial charge in [-0.2, -0.15) is 0 Å². The molecule has 0 heterocycles. The van der Waals surface area contributed by atoms with E-state index in [1.807, 2.05) is 133 Å². The highest BCUT2D eigenvalue weighted by Gasteiger charge is 2.16. The molecule has 0 spiro atoms. The smallest absolute Gasteiger partial charge is 0.338 e. The highest BCUT2D eigenvalue weighted by Crippen LogP contribution is 2.31. The summed E-state index contributed by atoms with van der Waals surface area (Å²) in [7, 11) is 5.39.